The highest BCUT2D eigenvalue weighted by Crippen LogP contribution is 2.40. The quantitative estimate of drug-likeness (QED) is 0.393. The number of nitrogens with zero attached hydrogens (tertiary/aromatic N) is 2. The van der Waals surface area contributed by atoms with E-state index in [9.17, 15) is 13.2 Å². The minimum atomic E-state index is -4.56. The molecule has 0 bridgehead atoms. The van der Waals surface area contributed by atoms with Crippen molar-refractivity contribution >= 4 is 22.2 Å². The third-order valence-corrected chi connectivity index (χ3v) is 4.73. The Hall–Kier alpha value is -3.39. The fraction of sp³-hybridized carbons (Fsp3) is 0.0476. The number of para-hydroxylation sites is 1. The highest BCUT2D eigenvalue weighted by molar-refractivity contribution is 7.14. The van der Waals surface area contributed by atoms with Crippen LogP contribution < -0.4 is 10.1 Å². The molecule has 0 saturated carbocycles. The molecule has 0 atom stereocenters. The zero-order valence-corrected chi connectivity index (χ0v) is 15.7. The molecule has 4 nitrogen and oxygen atoms in total. The molecule has 0 spiro atoms. The van der Waals surface area contributed by atoms with Gasteiger partial charge in [-0.2, -0.15) is 13.2 Å². The monoisotopic (exact) mass is 413 g/mol. The second kappa shape index (κ2) is 7.92. The molecule has 0 aliphatic heterocycles. The van der Waals surface area contributed by atoms with Crippen molar-refractivity contribution in [3.63, 3.8) is 0 Å². The minimum Gasteiger partial charge on any atom is -0.457 e. The van der Waals surface area contributed by atoms with Crippen LogP contribution >= 0.6 is 11.3 Å². The van der Waals surface area contributed by atoms with Gasteiger partial charge in [0.15, 0.2) is 5.13 Å². The zero-order valence-electron chi connectivity index (χ0n) is 14.9. The van der Waals surface area contributed by atoms with Crippen molar-refractivity contribution in [2.24, 2.45) is 0 Å². The van der Waals surface area contributed by atoms with E-state index in [0.717, 1.165) is 11.6 Å². The van der Waals surface area contributed by atoms with Gasteiger partial charge in [0.05, 0.1) is 5.69 Å². The van der Waals surface area contributed by atoms with Crippen LogP contribution in [-0.4, -0.2) is 9.97 Å². The summed E-state index contributed by atoms with van der Waals surface area (Å²) in [5.74, 6) is 0.0733. The maximum atomic E-state index is 13.6. The third-order valence-electron chi connectivity index (χ3n) is 3.97. The van der Waals surface area contributed by atoms with Gasteiger partial charge in [-0.05, 0) is 42.5 Å². The van der Waals surface area contributed by atoms with E-state index in [1.807, 2.05) is 11.4 Å². The first-order valence-corrected chi connectivity index (χ1v) is 9.44. The normalized spacial score (nSPS) is 11.3. The van der Waals surface area contributed by atoms with Crippen LogP contribution in [0, 0.1) is 0 Å². The lowest BCUT2D eigenvalue weighted by Crippen LogP contribution is -2.08. The number of nitrogens with one attached hydrogen (secondary N) is 1. The Morgan fingerprint density at radius 3 is 2.52 bits per heavy atom. The Balaban J connectivity index is 1.59. The summed E-state index contributed by atoms with van der Waals surface area (Å²) in [7, 11) is 0. The van der Waals surface area contributed by atoms with E-state index in [2.05, 4.69) is 15.3 Å². The van der Waals surface area contributed by atoms with E-state index < -0.39 is 11.7 Å². The van der Waals surface area contributed by atoms with Crippen molar-refractivity contribution in [1.29, 1.82) is 0 Å². The van der Waals surface area contributed by atoms with Crippen LogP contribution in [0.3, 0.4) is 0 Å². The number of aromatic nitrogens is 2. The van der Waals surface area contributed by atoms with Gasteiger partial charge in [-0.1, -0.05) is 18.2 Å². The summed E-state index contributed by atoms with van der Waals surface area (Å²) in [6.45, 7) is 0. The first-order chi connectivity index (χ1) is 14.0. The second-order valence-corrected chi connectivity index (χ2v) is 6.89. The molecule has 0 amide bonds. The van der Waals surface area contributed by atoms with E-state index >= 15 is 0 Å². The molecule has 1 N–H and O–H groups in total. The van der Waals surface area contributed by atoms with E-state index in [1.165, 1.54) is 23.5 Å². The Morgan fingerprint density at radius 1 is 0.966 bits per heavy atom. The predicted octanol–water partition coefficient (Wildman–Crippen LogP) is 6.76. The molecule has 2 aromatic heterocycles. The SMILES string of the molecule is FC(F)(F)c1cc(Nc2nc(-c3cccnc3)cs2)ccc1Oc1ccccc1. The van der Waals surface area contributed by atoms with Crippen LogP contribution in [0.2, 0.25) is 0 Å². The van der Waals surface area contributed by atoms with Gasteiger partial charge in [-0.3, -0.25) is 4.98 Å². The van der Waals surface area contributed by atoms with Crippen LogP contribution in [0.5, 0.6) is 11.5 Å². The number of benzene rings is 2. The number of halogens is 3. The summed E-state index contributed by atoms with van der Waals surface area (Å²) in [4.78, 5) is 8.46. The van der Waals surface area contributed by atoms with Gasteiger partial charge in [0.25, 0.3) is 0 Å². The summed E-state index contributed by atoms with van der Waals surface area (Å²) in [5, 5.41) is 5.23. The van der Waals surface area contributed by atoms with E-state index in [0.29, 0.717) is 16.6 Å². The largest absolute Gasteiger partial charge is 0.457 e. The summed E-state index contributed by atoms with van der Waals surface area (Å²) in [6, 6.07) is 15.9. The summed E-state index contributed by atoms with van der Waals surface area (Å²) >= 11 is 1.30. The number of hydrogen-bond acceptors (Lipinski definition) is 5. The minimum absolute atomic E-state index is 0.260. The zero-order chi connectivity index (χ0) is 20.3. The maximum Gasteiger partial charge on any atom is 0.420 e. The maximum absolute atomic E-state index is 13.6. The van der Waals surface area contributed by atoms with Crippen molar-refractivity contribution in [2.75, 3.05) is 5.32 Å². The molecule has 0 saturated heterocycles. The number of thiazole rings is 1. The smallest absolute Gasteiger partial charge is 0.420 e. The van der Waals surface area contributed by atoms with Crippen molar-refractivity contribution in [1.82, 2.24) is 9.97 Å². The van der Waals surface area contributed by atoms with Crippen molar-refractivity contribution in [2.45, 2.75) is 6.18 Å². The van der Waals surface area contributed by atoms with Gasteiger partial charge in [0.1, 0.15) is 17.1 Å². The second-order valence-electron chi connectivity index (χ2n) is 6.03. The summed E-state index contributed by atoms with van der Waals surface area (Å²) in [5.41, 5.74) is 0.935. The Labute approximate surface area is 168 Å². The topological polar surface area (TPSA) is 47.0 Å². The average Bonchev–Trinajstić information content (AvgIpc) is 3.18. The Morgan fingerprint density at radius 2 is 1.79 bits per heavy atom. The fourth-order valence-electron chi connectivity index (χ4n) is 2.64. The predicted molar refractivity (Wildman–Crippen MR) is 107 cm³/mol. The van der Waals surface area contributed by atoms with Gasteiger partial charge < -0.3 is 10.1 Å². The fourth-order valence-corrected chi connectivity index (χ4v) is 3.38. The lowest BCUT2D eigenvalue weighted by atomic mass is 10.1. The van der Waals surface area contributed by atoms with Gasteiger partial charge in [0.2, 0.25) is 0 Å². The number of anilines is 2. The van der Waals surface area contributed by atoms with Crippen LogP contribution in [-0.2, 0) is 6.18 Å². The third kappa shape index (κ3) is 4.55. The van der Waals surface area contributed by atoms with Crippen LogP contribution in [0.15, 0.2) is 78.4 Å². The van der Waals surface area contributed by atoms with Gasteiger partial charge >= 0.3 is 6.18 Å². The number of hydrogen-bond donors (Lipinski definition) is 1. The molecule has 0 aliphatic carbocycles. The molecule has 8 heteroatoms. The molecular formula is C21H14F3N3OS. The summed E-state index contributed by atoms with van der Waals surface area (Å²) < 4.78 is 46.1. The van der Waals surface area contributed by atoms with Crippen molar-refractivity contribution < 1.29 is 17.9 Å². The Bertz CT molecular complexity index is 1100. The number of alkyl halides is 3. The van der Waals surface area contributed by atoms with E-state index in [1.54, 1.807) is 48.8 Å². The molecular weight excluding hydrogens is 399 g/mol. The number of rotatable bonds is 5. The molecule has 2 aromatic carbocycles. The number of ether oxygens (including phenoxy) is 1. The van der Waals surface area contributed by atoms with Gasteiger partial charge in [0, 0.05) is 29.0 Å². The van der Waals surface area contributed by atoms with Crippen molar-refractivity contribution in [3.8, 4) is 22.8 Å². The van der Waals surface area contributed by atoms with Crippen molar-refractivity contribution in [3.05, 3.63) is 84.0 Å². The summed E-state index contributed by atoms with van der Waals surface area (Å²) in [6.07, 6.45) is -1.23. The first kappa shape index (κ1) is 18.9. The van der Waals surface area contributed by atoms with E-state index in [4.69, 9.17) is 4.74 Å². The van der Waals surface area contributed by atoms with Gasteiger partial charge in [-0.15, -0.1) is 11.3 Å². The Kier molecular flexibility index (Phi) is 5.18. The molecule has 0 radical (unpaired) electrons. The molecule has 4 rings (SSSR count). The van der Waals surface area contributed by atoms with Crippen LogP contribution in [0.4, 0.5) is 24.0 Å². The molecule has 0 aliphatic rings. The average molecular weight is 413 g/mol. The standard InChI is InChI=1S/C21H14F3N3OS/c22-21(23,24)17-11-15(8-9-19(17)28-16-6-2-1-3-7-16)26-20-27-18(13-29-20)14-5-4-10-25-12-14/h1-13H,(H,26,27). The number of pyridine rings is 1. The highest BCUT2D eigenvalue weighted by Gasteiger charge is 2.35. The molecule has 29 heavy (non-hydrogen) atoms. The molecule has 2 heterocycles. The molecule has 0 unspecified atom stereocenters. The lowest BCUT2D eigenvalue weighted by Gasteiger charge is -2.15. The van der Waals surface area contributed by atoms with Crippen LogP contribution in [0.25, 0.3) is 11.3 Å². The molecule has 0 fully saturated rings. The lowest BCUT2D eigenvalue weighted by molar-refractivity contribution is -0.138. The highest BCUT2D eigenvalue weighted by atomic mass is 32.1. The van der Waals surface area contributed by atoms with E-state index in [-0.39, 0.29) is 11.4 Å². The molecule has 4 aromatic rings. The van der Waals surface area contributed by atoms with Crippen LogP contribution in [0.1, 0.15) is 5.56 Å². The molecule has 146 valence electrons. The first-order valence-electron chi connectivity index (χ1n) is 8.56. The van der Waals surface area contributed by atoms with Gasteiger partial charge in [-0.25, -0.2) is 4.98 Å².